The highest BCUT2D eigenvalue weighted by molar-refractivity contribution is 7.14. The van der Waals surface area contributed by atoms with Gasteiger partial charge in [0.1, 0.15) is 4.88 Å². The standard InChI is InChI=1S/C21H27NO6S/c1-6-8-17-13(7-2)9-18(29-17)21(24)28-12-19(23)22-14-10-15(25-3)20(27-5)16(11-14)26-4/h9-11H,6-8,12H2,1-5H3,(H,22,23). The number of thiophene rings is 1. The minimum atomic E-state index is -0.493. The molecule has 8 heteroatoms. The van der Waals surface area contributed by atoms with Crippen LogP contribution in [0.1, 0.15) is 40.4 Å². The molecule has 0 fully saturated rings. The van der Waals surface area contributed by atoms with Crippen LogP contribution in [0, 0.1) is 0 Å². The van der Waals surface area contributed by atoms with Gasteiger partial charge in [-0.05, 0) is 24.5 Å². The maximum absolute atomic E-state index is 12.3. The maximum atomic E-state index is 12.3. The Kier molecular flexibility index (Phi) is 8.33. The smallest absolute Gasteiger partial charge is 0.348 e. The van der Waals surface area contributed by atoms with E-state index in [9.17, 15) is 9.59 Å². The third-order valence-corrected chi connectivity index (χ3v) is 5.46. The Labute approximate surface area is 174 Å². The summed E-state index contributed by atoms with van der Waals surface area (Å²) < 4.78 is 21.0. The highest BCUT2D eigenvalue weighted by Gasteiger charge is 2.18. The van der Waals surface area contributed by atoms with Crippen molar-refractivity contribution in [1.82, 2.24) is 0 Å². The number of amides is 1. The van der Waals surface area contributed by atoms with Crippen LogP contribution >= 0.6 is 11.3 Å². The predicted octanol–water partition coefficient (Wildman–Crippen LogP) is 4.08. The molecule has 7 nitrogen and oxygen atoms in total. The van der Waals surface area contributed by atoms with Crippen LogP contribution in [-0.2, 0) is 22.4 Å². The van der Waals surface area contributed by atoms with Crippen LogP contribution in [-0.4, -0.2) is 39.8 Å². The molecule has 1 amide bonds. The number of ether oxygens (including phenoxy) is 4. The molecule has 2 rings (SSSR count). The monoisotopic (exact) mass is 421 g/mol. The molecule has 0 saturated carbocycles. The maximum Gasteiger partial charge on any atom is 0.348 e. The van der Waals surface area contributed by atoms with Gasteiger partial charge in [-0.2, -0.15) is 0 Å². The summed E-state index contributed by atoms with van der Waals surface area (Å²) in [6.07, 6.45) is 2.81. The van der Waals surface area contributed by atoms with Crippen molar-refractivity contribution >= 4 is 28.9 Å². The number of carbonyl (C=O) groups is 2. The van der Waals surface area contributed by atoms with Gasteiger partial charge in [-0.1, -0.05) is 20.3 Å². The molecule has 0 radical (unpaired) electrons. The van der Waals surface area contributed by atoms with E-state index in [1.165, 1.54) is 37.5 Å². The van der Waals surface area contributed by atoms with E-state index >= 15 is 0 Å². The fourth-order valence-corrected chi connectivity index (χ4v) is 4.11. The summed E-state index contributed by atoms with van der Waals surface area (Å²) in [4.78, 5) is 26.3. The largest absolute Gasteiger partial charge is 0.493 e. The Morgan fingerprint density at radius 1 is 1.00 bits per heavy atom. The molecule has 0 aliphatic rings. The summed E-state index contributed by atoms with van der Waals surface area (Å²) >= 11 is 1.43. The van der Waals surface area contributed by atoms with E-state index in [1.54, 1.807) is 12.1 Å². The number of carbonyl (C=O) groups excluding carboxylic acids is 2. The number of anilines is 1. The van der Waals surface area contributed by atoms with Crippen molar-refractivity contribution < 1.29 is 28.5 Å². The average molecular weight is 422 g/mol. The predicted molar refractivity (Wildman–Crippen MR) is 113 cm³/mol. The van der Waals surface area contributed by atoms with E-state index in [4.69, 9.17) is 18.9 Å². The van der Waals surface area contributed by atoms with Gasteiger partial charge in [0, 0.05) is 22.7 Å². The fraction of sp³-hybridized carbons (Fsp3) is 0.429. The van der Waals surface area contributed by atoms with Gasteiger partial charge < -0.3 is 24.3 Å². The summed E-state index contributed by atoms with van der Waals surface area (Å²) in [5, 5.41) is 2.67. The van der Waals surface area contributed by atoms with Crippen LogP contribution in [0.15, 0.2) is 18.2 Å². The van der Waals surface area contributed by atoms with Gasteiger partial charge in [-0.25, -0.2) is 4.79 Å². The minimum Gasteiger partial charge on any atom is -0.493 e. The number of hydrogen-bond acceptors (Lipinski definition) is 7. The van der Waals surface area contributed by atoms with Crippen molar-refractivity contribution in [1.29, 1.82) is 0 Å². The molecular formula is C21H27NO6S. The summed E-state index contributed by atoms with van der Waals surface area (Å²) in [7, 11) is 4.48. The molecule has 158 valence electrons. The lowest BCUT2D eigenvalue weighted by Gasteiger charge is -2.14. The van der Waals surface area contributed by atoms with Crippen molar-refractivity contribution in [2.45, 2.75) is 33.1 Å². The number of hydrogen-bond donors (Lipinski definition) is 1. The molecule has 2 aromatic rings. The van der Waals surface area contributed by atoms with E-state index in [0.29, 0.717) is 27.8 Å². The Morgan fingerprint density at radius 3 is 2.17 bits per heavy atom. The number of benzene rings is 1. The first-order valence-corrected chi connectivity index (χ1v) is 10.2. The van der Waals surface area contributed by atoms with Gasteiger partial charge in [0.25, 0.3) is 5.91 Å². The minimum absolute atomic E-state index is 0.391. The van der Waals surface area contributed by atoms with Gasteiger partial charge in [-0.15, -0.1) is 11.3 Å². The average Bonchev–Trinajstić information content (AvgIpc) is 3.14. The van der Waals surface area contributed by atoms with Crippen LogP contribution < -0.4 is 19.5 Å². The van der Waals surface area contributed by atoms with Gasteiger partial charge in [0.05, 0.1) is 21.3 Å². The molecule has 1 aromatic heterocycles. The lowest BCUT2D eigenvalue weighted by molar-refractivity contribution is -0.119. The first kappa shape index (κ1) is 22.5. The topological polar surface area (TPSA) is 83.1 Å². The first-order valence-electron chi connectivity index (χ1n) is 9.35. The molecule has 1 aromatic carbocycles. The fourth-order valence-electron chi connectivity index (χ4n) is 2.86. The Morgan fingerprint density at radius 2 is 1.66 bits per heavy atom. The number of rotatable bonds is 10. The zero-order valence-electron chi connectivity index (χ0n) is 17.4. The third-order valence-electron chi connectivity index (χ3n) is 4.24. The molecule has 29 heavy (non-hydrogen) atoms. The zero-order valence-corrected chi connectivity index (χ0v) is 18.2. The second-order valence-corrected chi connectivity index (χ2v) is 7.34. The second kappa shape index (κ2) is 10.7. The van der Waals surface area contributed by atoms with Crippen molar-refractivity contribution in [2.75, 3.05) is 33.3 Å². The summed E-state index contributed by atoms with van der Waals surface area (Å²) in [6.45, 7) is 3.77. The van der Waals surface area contributed by atoms with Crippen LogP contribution in [0.25, 0.3) is 0 Å². The molecule has 0 aliphatic heterocycles. The number of nitrogens with one attached hydrogen (secondary N) is 1. The van der Waals surface area contributed by atoms with Gasteiger partial charge >= 0.3 is 5.97 Å². The van der Waals surface area contributed by atoms with Crippen molar-refractivity contribution in [3.05, 3.63) is 33.5 Å². The Bertz CT molecular complexity index is 836. The van der Waals surface area contributed by atoms with E-state index in [-0.39, 0.29) is 0 Å². The van der Waals surface area contributed by atoms with Crippen LogP contribution in [0.5, 0.6) is 17.2 Å². The molecule has 0 atom stereocenters. The molecule has 0 aliphatic carbocycles. The van der Waals surface area contributed by atoms with E-state index in [2.05, 4.69) is 19.2 Å². The molecule has 0 spiro atoms. The van der Waals surface area contributed by atoms with E-state index in [0.717, 1.165) is 24.8 Å². The second-order valence-electron chi connectivity index (χ2n) is 6.20. The Balaban J connectivity index is 2.02. The van der Waals surface area contributed by atoms with Gasteiger partial charge in [-0.3, -0.25) is 4.79 Å². The molecule has 0 saturated heterocycles. The normalized spacial score (nSPS) is 10.4. The van der Waals surface area contributed by atoms with Gasteiger partial charge in [0.2, 0.25) is 5.75 Å². The summed E-state index contributed by atoms with van der Waals surface area (Å²) in [6, 6.07) is 5.06. The van der Waals surface area contributed by atoms with E-state index in [1.807, 2.05) is 6.07 Å². The first-order chi connectivity index (χ1) is 14.0. The van der Waals surface area contributed by atoms with Crippen LogP contribution in [0.3, 0.4) is 0 Å². The Hall–Kier alpha value is -2.74. The van der Waals surface area contributed by atoms with E-state index < -0.39 is 18.5 Å². The van der Waals surface area contributed by atoms with Crippen LogP contribution in [0.2, 0.25) is 0 Å². The zero-order chi connectivity index (χ0) is 21.4. The molecule has 0 bridgehead atoms. The lowest BCUT2D eigenvalue weighted by Crippen LogP contribution is -2.20. The van der Waals surface area contributed by atoms with Gasteiger partial charge in [0.15, 0.2) is 18.1 Å². The SMILES string of the molecule is CCCc1sc(C(=O)OCC(=O)Nc2cc(OC)c(OC)c(OC)c2)cc1CC. The van der Waals surface area contributed by atoms with Crippen molar-refractivity contribution in [3.8, 4) is 17.2 Å². The van der Waals surface area contributed by atoms with Crippen molar-refractivity contribution in [2.24, 2.45) is 0 Å². The highest BCUT2D eigenvalue weighted by Crippen LogP contribution is 2.39. The molecular weight excluding hydrogens is 394 g/mol. The molecule has 1 N–H and O–H groups in total. The molecule has 0 unspecified atom stereocenters. The summed E-state index contributed by atoms with van der Waals surface area (Å²) in [5.74, 6) is 0.286. The van der Waals surface area contributed by atoms with Crippen LogP contribution in [0.4, 0.5) is 5.69 Å². The quantitative estimate of drug-likeness (QED) is 0.582. The van der Waals surface area contributed by atoms with Crippen molar-refractivity contribution in [3.63, 3.8) is 0 Å². The third kappa shape index (κ3) is 5.63. The molecule has 1 heterocycles. The lowest BCUT2D eigenvalue weighted by atomic mass is 10.1. The number of aryl methyl sites for hydroxylation is 2. The highest BCUT2D eigenvalue weighted by atomic mass is 32.1. The number of methoxy groups -OCH3 is 3. The summed E-state index contributed by atoms with van der Waals surface area (Å²) in [5.41, 5.74) is 1.60. The number of esters is 1.